The highest BCUT2D eigenvalue weighted by Crippen LogP contribution is 2.29. The second-order valence-electron chi connectivity index (χ2n) is 4.83. The van der Waals surface area contributed by atoms with Crippen LogP contribution < -0.4 is 4.90 Å². The zero-order chi connectivity index (χ0) is 13.8. The van der Waals surface area contributed by atoms with Crippen molar-refractivity contribution in [3.8, 4) is 0 Å². The van der Waals surface area contributed by atoms with Crippen molar-refractivity contribution >= 4 is 29.0 Å². The molecule has 1 amide bonds. The number of benzene rings is 1. The molecule has 1 aromatic rings. The van der Waals surface area contributed by atoms with Gasteiger partial charge in [0.05, 0.1) is 0 Å². The molecule has 0 saturated heterocycles. The molecule has 0 aromatic heterocycles. The van der Waals surface area contributed by atoms with Gasteiger partial charge in [0.15, 0.2) is 5.78 Å². The number of ketones is 1. The number of carbonyl (C=O) groups is 2. The van der Waals surface area contributed by atoms with Gasteiger partial charge in [-0.15, -0.1) is 11.6 Å². The van der Waals surface area contributed by atoms with Gasteiger partial charge in [-0.3, -0.25) is 9.59 Å². The molecular weight excluding hydrogens is 262 g/mol. The van der Waals surface area contributed by atoms with E-state index in [2.05, 4.69) is 0 Å². The molecule has 0 aliphatic carbocycles. The van der Waals surface area contributed by atoms with Gasteiger partial charge in [-0.25, -0.2) is 0 Å². The van der Waals surface area contributed by atoms with E-state index in [1.165, 1.54) is 0 Å². The maximum atomic E-state index is 12.0. The summed E-state index contributed by atoms with van der Waals surface area (Å²) < 4.78 is 0. The van der Waals surface area contributed by atoms with Gasteiger partial charge in [0.25, 0.3) is 0 Å². The largest absolute Gasteiger partial charge is 0.312 e. The average Bonchev–Trinajstić information content (AvgIpc) is 2.81. The fourth-order valence-electron chi connectivity index (χ4n) is 2.43. The number of amides is 1. The molecule has 1 heterocycles. The molecule has 1 aliphatic rings. The lowest BCUT2D eigenvalue weighted by Gasteiger charge is -2.14. The summed E-state index contributed by atoms with van der Waals surface area (Å²) in [4.78, 5) is 25.2. The number of rotatable bonds is 5. The van der Waals surface area contributed by atoms with Crippen LogP contribution in [0.3, 0.4) is 0 Å². The highest BCUT2D eigenvalue weighted by Gasteiger charge is 2.22. The average molecular weight is 280 g/mol. The SMILES string of the molecule is CC(=O)N1CCc2cc(C(=O)CCCCCl)ccc21. The summed E-state index contributed by atoms with van der Waals surface area (Å²) in [6.45, 7) is 2.29. The lowest BCUT2D eigenvalue weighted by molar-refractivity contribution is -0.116. The van der Waals surface area contributed by atoms with Crippen molar-refractivity contribution in [3.05, 3.63) is 29.3 Å². The van der Waals surface area contributed by atoms with Gasteiger partial charge in [0, 0.05) is 37.0 Å². The van der Waals surface area contributed by atoms with Crippen molar-refractivity contribution in [1.82, 2.24) is 0 Å². The van der Waals surface area contributed by atoms with E-state index >= 15 is 0 Å². The van der Waals surface area contributed by atoms with Crippen LogP contribution in [0.4, 0.5) is 5.69 Å². The van der Waals surface area contributed by atoms with Gasteiger partial charge in [-0.2, -0.15) is 0 Å². The minimum atomic E-state index is 0.0555. The number of hydrogen-bond acceptors (Lipinski definition) is 2. The Bertz CT molecular complexity index is 499. The minimum absolute atomic E-state index is 0.0555. The Labute approximate surface area is 118 Å². The van der Waals surface area contributed by atoms with E-state index in [0.717, 1.165) is 36.1 Å². The van der Waals surface area contributed by atoms with Crippen LogP contribution in [0.5, 0.6) is 0 Å². The van der Waals surface area contributed by atoms with Crippen LogP contribution in [-0.4, -0.2) is 24.1 Å². The molecule has 0 spiro atoms. The first-order valence-electron chi connectivity index (χ1n) is 6.63. The highest BCUT2D eigenvalue weighted by atomic mass is 35.5. The quantitative estimate of drug-likeness (QED) is 0.472. The van der Waals surface area contributed by atoms with Gasteiger partial charge >= 0.3 is 0 Å². The number of halogens is 1. The minimum Gasteiger partial charge on any atom is -0.312 e. The van der Waals surface area contributed by atoms with Gasteiger partial charge in [-0.1, -0.05) is 0 Å². The molecule has 19 heavy (non-hydrogen) atoms. The smallest absolute Gasteiger partial charge is 0.223 e. The zero-order valence-corrected chi connectivity index (χ0v) is 11.9. The molecule has 0 N–H and O–H groups in total. The number of Topliss-reactive ketones (excluding diaryl/α,β-unsaturated/α-hetero) is 1. The molecule has 0 bridgehead atoms. The lowest BCUT2D eigenvalue weighted by atomic mass is 10.0. The second-order valence-corrected chi connectivity index (χ2v) is 5.21. The Morgan fingerprint density at radius 3 is 2.79 bits per heavy atom. The number of hydrogen-bond donors (Lipinski definition) is 0. The normalized spacial score (nSPS) is 13.5. The predicted octanol–water partition coefficient (Wildman–Crippen LogP) is 3.19. The Kier molecular flexibility index (Phi) is 4.59. The molecule has 0 atom stereocenters. The van der Waals surface area contributed by atoms with Crippen LogP contribution in [0.25, 0.3) is 0 Å². The molecule has 1 aliphatic heterocycles. The van der Waals surface area contributed by atoms with E-state index in [1.807, 2.05) is 18.2 Å². The summed E-state index contributed by atoms with van der Waals surface area (Å²) >= 11 is 5.60. The lowest BCUT2D eigenvalue weighted by Crippen LogP contribution is -2.25. The number of nitrogens with zero attached hydrogens (tertiary/aromatic N) is 1. The number of fused-ring (bicyclic) bond motifs is 1. The number of anilines is 1. The molecule has 0 unspecified atom stereocenters. The topological polar surface area (TPSA) is 37.4 Å². The first-order chi connectivity index (χ1) is 9.13. The van der Waals surface area contributed by atoms with Crippen LogP contribution in [0.15, 0.2) is 18.2 Å². The molecule has 0 fully saturated rings. The number of carbonyl (C=O) groups excluding carboxylic acids is 2. The third-order valence-electron chi connectivity index (χ3n) is 3.46. The summed E-state index contributed by atoms with van der Waals surface area (Å²) in [5.41, 5.74) is 2.79. The van der Waals surface area contributed by atoms with E-state index in [9.17, 15) is 9.59 Å². The Morgan fingerprint density at radius 1 is 1.32 bits per heavy atom. The molecule has 0 radical (unpaired) electrons. The van der Waals surface area contributed by atoms with Crippen molar-refractivity contribution in [1.29, 1.82) is 0 Å². The fraction of sp³-hybridized carbons (Fsp3) is 0.467. The van der Waals surface area contributed by atoms with Crippen LogP contribution in [0.2, 0.25) is 0 Å². The van der Waals surface area contributed by atoms with Crippen LogP contribution in [0, 0.1) is 0 Å². The maximum Gasteiger partial charge on any atom is 0.223 e. The van der Waals surface area contributed by atoms with E-state index in [1.54, 1.807) is 11.8 Å². The monoisotopic (exact) mass is 279 g/mol. The van der Waals surface area contributed by atoms with Crippen molar-refractivity contribution in [2.24, 2.45) is 0 Å². The maximum absolute atomic E-state index is 12.0. The summed E-state index contributed by atoms with van der Waals surface area (Å²) in [7, 11) is 0. The van der Waals surface area contributed by atoms with Gasteiger partial charge in [0.2, 0.25) is 5.91 Å². The third-order valence-corrected chi connectivity index (χ3v) is 3.73. The second kappa shape index (κ2) is 6.20. The van der Waals surface area contributed by atoms with Crippen LogP contribution in [0.1, 0.15) is 42.1 Å². The van der Waals surface area contributed by atoms with E-state index < -0.39 is 0 Å². The number of alkyl halides is 1. The van der Waals surface area contributed by atoms with E-state index in [-0.39, 0.29) is 11.7 Å². The summed E-state index contributed by atoms with van der Waals surface area (Å²) in [6.07, 6.45) is 3.08. The van der Waals surface area contributed by atoms with Crippen molar-refractivity contribution < 1.29 is 9.59 Å². The molecule has 1 aromatic carbocycles. The fourth-order valence-corrected chi connectivity index (χ4v) is 2.62. The first-order valence-corrected chi connectivity index (χ1v) is 7.17. The molecule has 3 nitrogen and oxygen atoms in total. The van der Waals surface area contributed by atoms with Crippen molar-refractivity contribution in [2.45, 2.75) is 32.6 Å². The summed E-state index contributed by atoms with van der Waals surface area (Å²) in [5.74, 6) is 0.819. The van der Waals surface area contributed by atoms with Crippen LogP contribution in [-0.2, 0) is 11.2 Å². The summed E-state index contributed by atoms with van der Waals surface area (Å²) in [5, 5.41) is 0. The van der Waals surface area contributed by atoms with Gasteiger partial charge in [-0.05, 0) is 43.0 Å². The molecular formula is C15H18ClNO2. The summed E-state index contributed by atoms with van der Waals surface area (Å²) in [6, 6.07) is 5.64. The number of unbranched alkanes of at least 4 members (excludes halogenated alkanes) is 1. The van der Waals surface area contributed by atoms with Crippen molar-refractivity contribution in [3.63, 3.8) is 0 Å². The van der Waals surface area contributed by atoms with Crippen LogP contribution >= 0.6 is 11.6 Å². The van der Waals surface area contributed by atoms with E-state index in [4.69, 9.17) is 11.6 Å². The van der Waals surface area contributed by atoms with E-state index in [0.29, 0.717) is 18.8 Å². The Hall–Kier alpha value is -1.35. The van der Waals surface area contributed by atoms with Gasteiger partial charge < -0.3 is 4.90 Å². The highest BCUT2D eigenvalue weighted by molar-refractivity contribution is 6.17. The standard InChI is InChI=1S/C15H18ClNO2/c1-11(18)17-9-7-12-10-13(5-6-14(12)17)15(19)4-2-3-8-16/h5-6,10H,2-4,7-9H2,1H3. The molecule has 102 valence electrons. The van der Waals surface area contributed by atoms with Crippen molar-refractivity contribution in [2.75, 3.05) is 17.3 Å². The zero-order valence-electron chi connectivity index (χ0n) is 11.1. The van der Waals surface area contributed by atoms with Gasteiger partial charge in [0.1, 0.15) is 0 Å². The predicted molar refractivity (Wildman–Crippen MR) is 77.1 cm³/mol. The Balaban J connectivity index is 2.10. The molecule has 4 heteroatoms. The first kappa shape index (κ1) is 14.1. The molecule has 0 saturated carbocycles. The Morgan fingerprint density at radius 2 is 2.11 bits per heavy atom. The molecule has 2 rings (SSSR count). The third kappa shape index (κ3) is 3.16.